The molecular weight excluding hydrogens is 422 g/mol. The quantitative estimate of drug-likeness (QED) is 0.0824. The molecule has 4 nitrogen and oxygen atoms in total. The van der Waals surface area contributed by atoms with Gasteiger partial charge in [-0.1, -0.05) is 103 Å². The highest BCUT2D eigenvalue weighted by Crippen LogP contribution is 2.13. The molecule has 0 fully saturated rings. The second-order valence-electron chi connectivity index (χ2n) is 11.4. The lowest BCUT2D eigenvalue weighted by molar-refractivity contribution is -0.870. The van der Waals surface area contributed by atoms with Crippen molar-refractivity contribution in [3.63, 3.8) is 0 Å². The Kier molecular flexibility index (Phi) is 25.8. The standard InChI is InChI=1S/C30H64NO3/c1-6-7-8-9-10-11-12-13-14-15-16-17-18-19-20-23-26-33-28-30(32-5)29-34-27-24-21-22-25-31(2,3)4/h30H,6-29H2,1-5H3/q+1/t30-/m0/s1. The fraction of sp³-hybridized carbons (Fsp3) is 1.00. The summed E-state index contributed by atoms with van der Waals surface area (Å²) in [6.07, 6.45) is 26.2. The minimum atomic E-state index is 0.0623. The van der Waals surface area contributed by atoms with Crippen LogP contribution in [0.4, 0.5) is 0 Å². The van der Waals surface area contributed by atoms with E-state index < -0.39 is 0 Å². The van der Waals surface area contributed by atoms with E-state index in [2.05, 4.69) is 28.1 Å². The van der Waals surface area contributed by atoms with Crippen LogP contribution in [0.25, 0.3) is 0 Å². The molecule has 1 atom stereocenters. The molecule has 0 N–H and O–H groups in total. The van der Waals surface area contributed by atoms with Crippen LogP contribution in [-0.4, -0.2) is 71.8 Å². The molecule has 0 heterocycles. The summed E-state index contributed by atoms with van der Waals surface area (Å²) in [7, 11) is 8.51. The average molecular weight is 487 g/mol. The molecule has 0 aliphatic rings. The fourth-order valence-electron chi connectivity index (χ4n) is 4.33. The summed E-state index contributed by atoms with van der Waals surface area (Å²) in [5, 5.41) is 0. The summed E-state index contributed by atoms with van der Waals surface area (Å²) in [5.74, 6) is 0. The molecule has 0 aliphatic carbocycles. The highest BCUT2D eigenvalue weighted by Gasteiger charge is 2.08. The van der Waals surface area contributed by atoms with Crippen LogP contribution in [-0.2, 0) is 14.2 Å². The van der Waals surface area contributed by atoms with Crippen LogP contribution in [0.5, 0.6) is 0 Å². The molecule has 0 amide bonds. The smallest absolute Gasteiger partial charge is 0.104 e. The first-order chi connectivity index (χ1) is 16.5. The minimum Gasteiger partial charge on any atom is -0.379 e. The lowest BCUT2D eigenvalue weighted by Crippen LogP contribution is -2.35. The molecular formula is C30H64NO3+. The Hall–Kier alpha value is -0.160. The maximum Gasteiger partial charge on any atom is 0.104 e. The highest BCUT2D eigenvalue weighted by molar-refractivity contribution is 4.55. The molecule has 0 saturated heterocycles. The van der Waals surface area contributed by atoms with Gasteiger partial charge in [0, 0.05) is 20.3 Å². The largest absolute Gasteiger partial charge is 0.379 e. The molecule has 0 aromatic carbocycles. The average Bonchev–Trinajstić information content (AvgIpc) is 2.80. The van der Waals surface area contributed by atoms with E-state index in [1.165, 1.54) is 122 Å². The van der Waals surface area contributed by atoms with Gasteiger partial charge in [-0.3, -0.25) is 0 Å². The lowest BCUT2D eigenvalue weighted by Gasteiger charge is -2.23. The molecule has 0 spiro atoms. The third-order valence-electron chi connectivity index (χ3n) is 6.70. The Morgan fingerprint density at radius 1 is 0.500 bits per heavy atom. The summed E-state index contributed by atoms with van der Waals surface area (Å²) in [6, 6.07) is 0. The Morgan fingerprint density at radius 3 is 1.21 bits per heavy atom. The van der Waals surface area contributed by atoms with E-state index in [1.54, 1.807) is 7.11 Å². The Balaban J connectivity index is 3.27. The first-order valence-corrected chi connectivity index (χ1v) is 15.0. The van der Waals surface area contributed by atoms with Crippen LogP contribution < -0.4 is 0 Å². The van der Waals surface area contributed by atoms with E-state index in [0.29, 0.717) is 13.2 Å². The molecule has 0 radical (unpaired) electrons. The van der Waals surface area contributed by atoms with E-state index in [-0.39, 0.29) is 6.10 Å². The summed E-state index contributed by atoms with van der Waals surface area (Å²) < 4.78 is 18.2. The van der Waals surface area contributed by atoms with Gasteiger partial charge in [-0.25, -0.2) is 0 Å². The number of ether oxygens (including phenoxy) is 3. The van der Waals surface area contributed by atoms with Gasteiger partial charge in [0.05, 0.1) is 40.9 Å². The topological polar surface area (TPSA) is 27.7 Å². The first kappa shape index (κ1) is 33.8. The number of rotatable bonds is 28. The molecule has 0 saturated carbocycles. The molecule has 0 unspecified atom stereocenters. The van der Waals surface area contributed by atoms with Crippen LogP contribution >= 0.6 is 0 Å². The van der Waals surface area contributed by atoms with E-state index in [4.69, 9.17) is 14.2 Å². The maximum absolute atomic E-state index is 5.83. The first-order valence-electron chi connectivity index (χ1n) is 15.0. The summed E-state index contributed by atoms with van der Waals surface area (Å²) in [4.78, 5) is 0. The number of quaternary nitrogens is 1. The van der Waals surface area contributed by atoms with Crippen molar-refractivity contribution >= 4 is 0 Å². The Morgan fingerprint density at radius 2 is 0.853 bits per heavy atom. The predicted molar refractivity (Wildman–Crippen MR) is 149 cm³/mol. The summed E-state index contributed by atoms with van der Waals surface area (Å²) >= 11 is 0. The molecule has 206 valence electrons. The van der Waals surface area contributed by atoms with Crippen LogP contribution in [0.15, 0.2) is 0 Å². The van der Waals surface area contributed by atoms with Gasteiger partial charge in [-0.2, -0.15) is 0 Å². The van der Waals surface area contributed by atoms with E-state index in [1.807, 2.05) is 0 Å². The molecule has 0 aromatic heterocycles. The molecule has 34 heavy (non-hydrogen) atoms. The number of unbranched alkanes of at least 4 members (excludes halogenated alkanes) is 17. The SMILES string of the molecule is CCCCCCCCCCCCCCCCCCOC[C@@H](COCCCCC[N+](C)(C)C)OC. The molecule has 0 rings (SSSR count). The lowest BCUT2D eigenvalue weighted by atomic mass is 10.0. The third kappa shape index (κ3) is 28.1. The van der Waals surface area contributed by atoms with Crippen LogP contribution in [0.1, 0.15) is 129 Å². The van der Waals surface area contributed by atoms with Crippen molar-refractivity contribution in [3.8, 4) is 0 Å². The molecule has 0 aromatic rings. The van der Waals surface area contributed by atoms with Gasteiger partial charge in [-0.05, 0) is 25.7 Å². The number of hydrogen-bond acceptors (Lipinski definition) is 3. The van der Waals surface area contributed by atoms with E-state index in [9.17, 15) is 0 Å². The van der Waals surface area contributed by atoms with Crippen molar-refractivity contribution in [2.75, 3.05) is 61.2 Å². The summed E-state index contributed by atoms with van der Waals surface area (Å²) in [5.41, 5.74) is 0. The van der Waals surface area contributed by atoms with Gasteiger partial charge in [-0.15, -0.1) is 0 Å². The maximum atomic E-state index is 5.83. The zero-order valence-corrected chi connectivity index (χ0v) is 24.2. The van der Waals surface area contributed by atoms with Crippen molar-refractivity contribution in [1.29, 1.82) is 0 Å². The van der Waals surface area contributed by atoms with Gasteiger partial charge in [0.25, 0.3) is 0 Å². The second-order valence-corrected chi connectivity index (χ2v) is 11.4. The second kappa shape index (κ2) is 25.9. The van der Waals surface area contributed by atoms with Gasteiger partial charge in [0.15, 0.2) is 0 Å². The molecule has 4 heteroatoms. The van der Waals surface area contributed by atoms with Crippen molar-refractivity contribution < 1.29 is 18.7 Å². The van der Waals surface area contributed by atoms with E-state index >= 15 is 0 Å². The minimum absolute atomic E-state index is 0.0623. The number of nitrogens with zero attached hydrogens (tertiary/aromatic N) is 1. The van der Waals surface area contributed by atoms with Gasteiger partial charge in [0.2, 0.25) is 0 Å². The predicted octanol–water partition coefficient (Wildman–Crippen LogP) is 8.17. The van der Waals surface area contributed by atoms with Crippen molar-refractivity contribution in [2.24, 2.45) is 0 Å². The van der Waals surface area contributed by atoms with Crippen molar-refractivity contribution in [2.45, 2.75) is 135 Å². The van der Waals surface area contributed by atoms with Crippen molar-refractivity contribution in [3.05, 3.63) is 0 Å². The highest BCUT2D eigenvalue weighted by atomic mass is 16.6. The van der Waals surface area contributed by atoms with Gasteiger partial charge < -0.3 is 18.7 Å². The normalized spacial score (nSPS) is 13.0. The molecule has 0 aliphatic heterocycles. The number of hydrogen-bond donors (Lipinski definition) is 0. The van der Waals surface area contributed by atoms with Gasteiger partial charge in [0.1, 0.15) is 6.10 Å². The van der Waals surface area contributed by atoms with E-state index in [0.717, 1.165) is 24.1 Å². The van der Waals surface area contributed by atoms with Crippen LogP contribution in [0, 0.1) is 0 Å². The van der Waals surface area contributed by atoms with Crippen LogP contribution in [0.2, 0.25) is 0 Å². The molecule has 0 bridgehead atoms. The third-order valence-corrected chi connectivity index (χ3v) is 6.70. The summed E-state index contributed by atoms with van der Waals surface area (Å²) in [6.45, 7) is 6.50. The number of methoxy groups -OCH3 is 1. The Bertz CT molecular complexity index is 384. The van der Waals surface area contributed by atoms with Crippen molar-refractivity contribution in [1.82, 2.24) is 0 Å². The van der Waals surface area contributed by atoms with Crippen LogP contribution in [0.3, 0.4) is 0 Å². The van der Waals surface area contributed by atoms with Gasteiger partial charge >= 0.3 is 0 Å². The monoisotopic (exact) mass is 486 g/mol. The zero-order chi connectivity index (χ0) is 25.2. The zero-order valence-electron chi connectivity index (χ0n) is 24.2. The fourth-order valence-corrected chi connectivity index (χ4v) is 4.33. The Labute approximate surface area is 215 Å².